The fourth-order valence-corrected chi connectivity index (χ4v) is 3.53. The summed E-state index contributed by atoms with van der Waals surface area (Å²) < 4.78 is 44.0. The van der Waals surface area contributed by atoms with Gasteiger partial charge in [0, 0.05) is 38.3 Å². The van der Waals surface area contributed by atoms with Crippen molar-refractivity contribution in [1.29, 1.82) is 0 Å². The van der Waals surface area contributed by atoms with E-state index in [2.05, 4.69) is 10.1 Å². The fraction of sp³-hybridized carbons (Fsp3) is 0.417. The molecule has 1 heterocycles. The molecule has 0 atom stereocenters. The van der Waals surface area contributed by atoms with E-state index in [1.807, 2.05) is 30.3 Å². The minimum atomic E-state index is -4.40. The Bertz CT molecular complexity index is 936. The van der Waals surface area contributed by atoms with E-state index in [1.54, 1.807) is 17.9 Å². The first-order chi connectivity index (χ1) is 15.8. The molecule has 186 valence electrons. The average Bonchev–Trinajstić information content (AvgIpc) is 2.80. The number of halogens is 4. The van der Waals surface area contributed by atoms with Crippen LogP contribution in [0.1, 0.15) is 18.1 Å². The number of para-hydroxylation sites is 1. The first kappa shape index (κ1) is 27.6. The van der Waals surface area contributed by atoms with Crippen molar-refractivity contribution in [2.24, 2.45) is 5.16 Å². The van der Waals surface area contributed by atoms with Crippen molar-refractivity contribution in [3.63, 3.8) is 0 Å². The molecule has 0 unspecified atom stereocenters. The molecule has 10 heteroatoms. The summed E-state index contributed by atoms with van der Waals surface area (Å²) in [6.45, 7) is 5.61. The zero-order chi connectivity index (χ0) is 23.7. The molecule has 0 N–H and O–H groups in total. The van der Waals surface area contributed by atoms with Gasteiger partial charge in [0.05, 0.1) is 24.5 Å². The molecule has 2 aromatic rings. The van der Waals surface area contributed by atoms with E-state index in [0.717, 1.165) is 30.9 Å². The van der Waals surface area contributed by atoms with Gasteiger partial charge in [0.25, 0.3) is 5.91 Å². The van der Waals surface area contributed by atoms with Gasteiger partial charge in [0.1, 0.15) is 0 Å². The second kappa shape index (κ2) is 13.3. The SMILES string of the molecule is C/C(Cc1cccc(C(F)(F)F)c1)=N\OCC(=O)N(CCN1CCOCC1)c1ccccc1.Cl. The molecular formula is C24H29ClF3N3O3. The molecule has 2 aromatic carbocycles. The zero-order valence-corrected chi connectivity index (χ0v) is 19.8. The largest absolute Gasteiger partial charge is 0.416 e. The number of anilines is 1. The number of alkyl halides is 3. The number of carbonyl (C=O) groups excluding carboxylic acids is 1. The number of hydrogen-bond donors (Lipinski definition) is 0. The van der Waals surface area contributed by atoms with Crippen LogP contribution in [0.4, 0.5) is 18.9 Å². The summed E-state index contributed by atoms with van der Waals surface area (Å²) in [6.07, 6.45) is -4.20. The molecule has 0 bridgehead atoms. The molecule has 0 radical (unpaired) electrons. The minimum Gasteiger partial charge on any atom is -0.386 e. The van der Waals surface area contributed by atoms with E-state index >= 15 is 0 Å². The second-order valence-corrected chi connectivity index (χ2v) is 7.81. The van der Waals surface area contributed by atoms with Gasteiger partial charge < -0.3 is 14.5 Å². The van der Waals surface area contributed by atoms with Crippen LogP contribution in [-0.2, 0) is 27.0 Å². The first-order valence-electron chi connectivity index (χ1n) is 10.8. The highest BCUT2D eigenvalue weighted by molar-refractivity contribution is 5.94. The number of morpholine rings is 1. The zero-order valence-electron chi connectivity index (χ0n) is 19.0. The standard InChI is InChI=1S/C24H28F3N3O3.ClH/c1-19(16-20-6-5-7-21(17-20)24(25,26)27)28-33-18-23(31)30(22-8-3-2-4-9-22)11-10-29-12-14-32-15-13-29;/h2-9,17H,10-16,18H2,1H3;1H/b28-19+;. The third-order valence-electron chi connectivity index (χ3n) is 5.24. The van der Waals surface area contributed by atoms with Crippen LogP contribution in [0.2, 0.25) is 0 Å². The normalized spacial score (nSPS) is 14.9. The highest BCUT2D eigenvalue weighted by atomic mass is 35.5. The smallest absolute Gasteiger partial charge is 0.386 e. The molecule has 0 aliphatic carbocycles. The highest BCUT2D eigenvalue weighted by Gasteiger charge is 2.30. The van der Waals surface area contributed by atoms with Crippen LogP contribution >= 0.6 is 12.4 Å². The molecule has 0 spiro atoms. The van der Waals surface area contributed by atoms with Crippen molar-refractivity contribution in [2.75, 3.05) is 50.9 Å². The third-order valence-corrected chi connectivity index (χ3v) is 5.24. The van der Waals surface area contributed by atoms with Gasteiger partial charge in [-0.15, -0.1) is 12.4 Å². The number of oxime groups is 1. The van der Waals surface area contributed by atoms with Crippen LogP contribution in [0.3, 0.4) is 0 Å². The van der Waals surface area contributed by atoms with E-state index in [4.69, 9.17) is 9.57 Å². The Morgan fingerprint density at radius 2 is 1.82 bits per heavy atom. The first-order valence-corrected chi connectivity index (χ1v) is 10.8. The predicted octanol–water partition coefficient (Wildman–Crippen LogP) is 4.43. The summed E-state index contributed by atoms with van der Waals surface area (Å²) >= 11 is 0. The number of carbonyl (C=O) groups is 1. The number of benzene rings is 2. The van der Waals surface area contributed by atoms with Gasteiger partial charge in [-0.05, 0) is 30.7 Å². The van der Waals surface area contributed by atoms with Crippen LogP contribution in [0.15, 0.2) is 59.8 Å². The molecule has 6 nitrogen and oxygen atoms in total. The van der Waals surface area contributed by atoms with Crippen LogP contribution in [0.5, 0.6) is 0 Å². The number of amides is 1. The van der Waals surface area contributed by atoms with Gasteiger partial charge >= 0.3 is 6.18 Å². The Balaban J connectivity index is 0.00000408. The number of ether oxygens (including phenoxy) is 1. The highest BCUT2D eigenvalue weighted by Crippen LogP contribution is 2.29. The Morgan fingerprint density at radius 1 is 1.12 bits per heavy atom. The maximum absolute atomic E-state index is 12.9. The van der Waals surface area contributed by atoms with Gasteiger partial charge in [0.15, 0.2) is 6.61 Å². The summed E-state index contributed by atoms with van der Waals surface area (Å²) in [7, 11) is 0. The summed E-state index contributed by atoms with van der Waals surface area (Å²) in [5.41, 5.74) is 1.01. The topological polar surface area (TPSA) is 54.4 Å². The van der Waals surface area contributed by atoms with E-state index in [0.29, 0.717) is 37.6 Å². The van der Waals surface area contributed by atoms with Gasteiger partial charge in [-0.3, -0.25) is 9.69 Å². The van der Waals surface area contributed by atoms with Crippen molar-refractivity contribution in [1.82, 2.24) is 4.90 Å². The number of rotatable bonds is 9. The van der Waals surface area contributed by atoms with Crippen molar-refractivity contribution < 1.29 is 27.5 Å². The maximum atomic E-state index is 12.9. The molecule has 1 aliphatic rings. The van der Waals surface area contributed by atoms with Crippen molar-refractivity contribution in [3.05, 3.63) is 65.7 Å². The number of nitrogens with zero attached hydrogens (tertiary/aromatic N) is 3. The van der Waals surface area contributed by atoms with Crippen LogP contribution in [0, 0.1) is 0 Å². The molecule has 1 saturated heterocycles. The molecule has 1 amide bonds. The lowest BCUT2D eigenvalue weighted by Crippen LogP contribution is -2.44. The van der Waals surface area contributed by atoms with Crippen molar-refractivity contribution >= 4 is 29.7 Å². The molecule has 3 rings (SSSR count). The molecule has 34 heavy (non-hydrogen) atoms. The van der Waals surface area contributed by atoms with Gasteiger partial charge in [-0.2, -0.15) is 13.2 Å². The second-order valence-electron chi connectivity index (χ2n) is 7.81. The van der Waals surface area contributed by atoms with Crippen LogP contribution in [-0.4, -0.2) is 62.5 Å². The van der Waals surface area contributed by atoms with E-state index in [-0.39, 0.29) is 31.3 Å². The Morgan fingerprint density at radius 3 is 2.50 bits per heavy atom. The Kier molecular flexibility index (Phi) is 10.8. The van der Waals surface area contributed by atoms with Crippen molar-refractivity contribution in [2.45, 2.75) is 19.5 Å². The van der Waals surface area contributed by atoms with Crippen LogP contribution < -0.4 is 4.90 Å². The lowest BCUT2D eigenvalue weighted by atomic mass is 10.1. The Hall–Kier alpha value is -2.62. The molecule has 1 aliphatic heterocycles. The average molecular weight is 500 g/mol. The molecular weight excluding hydrogens is 471 g/mol. The fourth-order valence-electron chi connectivity index (χ4n) is 3.53. The van der Waals surface area contributed by atoms with Crippen molar-refractivity contribution in [3.8, 4) is 0 Å². The molecule has 0 saturated carbocycles. The van der Waals surface area contributed by atoms with E-state index in [9.17, 15) is 18.0 Å². The lowest BCUT2D eigenvalue weighted by Gasteiger charge is -2.30. The van der Waals surface area contributed by atoms with E-state index < -0.39 is 11.7 Å². The van der Waals surface area contributed by atoms with Gasteiger partial charge in [0.2, 0.25) is 0 Å². The molecule has 1 fully saturated rings. The quantitative estimate of drug-likeness (QED) is 0.378. The summed E-state index contributed by atoms with van der Waals surface area (Å²) in [4.78, 5) is 22.0. The van der Waals surface area contributed by atoms with E-state index in [1.165, 1.54) is 6.07 Å². The number of hydrogen-bond acceptors (Lipinski definition) is 5. The third kappa shape index (κ3) is 8.62. The van der Waals surface area contributed by atoms with Gasteiger partial charge in [-0.1, -0.05) is 41.6 Å². The predicted molar refractivity (Wildman–Crippen MR) is 128 cm³/mol. The Labute approximate surface area is 203 Å². The molecule has 0 aromatic heterocycles. The maximum Gasteiger partial charge on any atom is 0.416 e. The summed E-state index contributed by atoms with van der Waals surface area (Å²) in [6, 6.07) is 14.4. The minimum absolute atomic E-state index is 0. The lowest BCUT2D eigenvalue weighted by molar-refractivity contribution is -0.137. The summed E-state index contributed by atoms with van der Waals surface area (Å²) in [5, 5.41) is 3.94. The monoisotopic (exact) mass is 499 g/mol. The van der Waals surface area contributed by atoms with Crippen LogP contribution in [0.25, 0.3) is 0 Å². The van der Waals surface area contributed by atoms with Gasteiger partial charge in [-0.25, -0.2) is 0 Å². The summed E-state index contributed by atoms with van der Waals surface area (Å²) in [5.74, 6) is -0.245.